The Bertz CT molecular complexity index is 510. The lowest BCUT2D eigenvalue weighted by atomic mass is 9.89. The van der Waals surface area contributed by atoms with Crippen LogP contribution < -0.4 is 4.90 Å². The summed E-state index contributed by atoms with van der Waals surface area (Å²) in [6, 6.07) is 0.873. The summed E-state index contributed by atoms with van der Waals surface area (Å²) in [6.45, 7) is 0.769. The second kappa shape index (κ2) is 3.99. The molecule has 3 nitrogen and oxygen atoms in total. The first-order valence-electron chi connectivity index (χ1n) is 6.00. The van der Waals surface area contributed by atoms with Gasteiger partial charge in [-0.3, -0.25) is 0 Å². The molecule has 1 aromatic heterocycles. The van der Waals surface area contributed by atoms with Gasteiger partial charge in [0.05, 0.1) is 23.7 Å². The number of hydrogen-bond acceptors (Lipinski definition) is 3. The second-order valence-electron chi connectivity index (χ2n) is 5.26. The molecule has 0 spiro atoms. The minimum absolute atomic E-state index is 0.0346. The molecule has 3 rings (SSSR count). The molecule has 0 atom stereocenters. The zero-order valence-corrected chi connectivity index (χ0v) is 10.7. The Morgan fingerprint density at radius 1 is 1.37 bits per heavy atom. The normalized spacial score (nSPS) is 22.3. The zero-order chi connectivity index (χ0) is 13.8. The van der Waals surface area contributed by atoms with Gasteiger partial charge in [-0.25, -0.2) is 4.98 Å². The molecular formula is C12H12ClF3N2O. The lowest BCUT2D eigenvalue weighted by molar-refractivity contribution is -0.137. The highest BCUT2D eigenvalue weighted by Gasteiger charge is 2.52. The number of alkyl halides is 3. The Labute approximate surface area is 113 Å². The number of pyridine rings is 1. The molecule has 1 aliphatic heterocycles. The molecule has 2 aliphatic rings. The van der Waals surface area contributed by atoms with E-state index in [2.05, 4.69) is 4.98 Å². The third kappa shape index (κ3) is 2.27. The topological polar surface area (TPSA) is 36.4 Å². The molecular weight excluding hydrogens is 281 g/mol. The largest absolute Gasteiger partial charge is 0.417 e. The number of rotatable bonds is 2. The van der Waals surface area contributed by atoms with E-state index in [0.717, 1.165) is 25.1 Å². The fraction of sp³-hybridized carbons (Fsp3) is 0.583. The fourth-order valence-corrected chi connectivity index (χ4v) is 2.75. The van der Waals surface area contributed by atoms with Crippen molar-refractivity contribution in [1.29, 1.82) is 0 Å². The maximum atomic E-state index is 12.5. The summed E-state index contributed by atoms with van der Waals surface area (Å²) in [7, 11) is 0. The third-order valence-electron chi connectivity index (χ3n) is 3.72. The predicted molar refractivity (Wildman–Crippen MR) is 64.1 cm³/mol. The number of anilines is 1. The van der Waals surface area contributed by atoms with Crippen LogP contribution in [0.5, 0.6) is 0 Å². The van der Waals surface area contributed by atoms with Crippen molar-refractivity contribution >= 4 is 17.4 Å². The van der Waals surface area contributed by atoms with Gasteiger partial charge >= 0.3 is 6.18 Å². The highest BCUT2D eigenvalue weighted by molar-refractivity contribution is 6.33. The molecule has 0 amide bonds. The molecule has 0 unspecified atom stereocenters. The number of halogens is 4. The Kier molecular flexibility index (Phi) is 2.73. The van der Waals surface area contributed by atoms with Crippen LogP contribution in [0, 0.1) is 5.92 Å². The van der Waals surface area contributed by atoms with Gasteiger partial charge in [0.15, 0.2) is 0 Å². The van der Waals surface area contributed by atoms with Crippen LogP contribution in [0.3, 0.4) is 0 Å². The third-order valence-corrected chi connectivity index (χ3v) is 3.99. The van der Waals surface area contributed by atoms with Crippen molar-refractivity contribution in [2.45, 2.75) is 24.6 Å². The summed E-state index contributed by atoms with van der Waals surface area (Å²) in [5, 5.41) is 10.1. The molecule has 1 aromatic rings. The van der Waals surface area contributed by atoms with Gasteiger partial charge in [0, 0.05) is 6.20 Å². The molecule has 1 aliphatic carbocycles. The van der Waals surface area contributed by atoms with Crippen LogP contribution >= 0.6 is 11.6 Å². The van der Waals surface area contributed by atoms with Crippen LogP contribution in [-0.4, -0.2) is 28.8 Å². The van der Waals surface area contributed by atoms with Gasteiger partial charge in [0.2, 0.25) is 0 Å². The number of β-amino-alcohol motifs (C(OH)–C–C–N with tert-alkyl or cyclic N) is 1. The lowest BCUT2D eigenvalue weighted by Gasteiger charge is -2.47. The molecule has 1 saturated heterocycles. The van der Waals surface area contributed by atoms with E-state index in [0.29, 0.717) is 24.8 Å². The van der Waals surface area contributed by atoms with Crippen molar-refractivity contribution in [2.24, 2.45) is 5.92 Å². The van der Waals surface area contributed by atoms with Crippen LogP contribution in [0.2, 0.25) is 5.02 Å². The molecule has 19 heavy (non-hydrogen) atoms. The summed E-state index contributed by atoms with van der Waals surface area (Å²) in [6.07, 6.45) is -1.65. The van der Waals surface area contributed by atoms with Crippen molar-refractivity contribution in [1.82, 2.24) is 4.98 Å². The number of aromatic nitrogens is 1. The average Bonchev–Trinajstić information content (AvgIpc) is 3.07. The first-order chi connectivity index (χ1) is 8.79. The molecule has 2 heterocycles. The molecule has 104 valence electrons. The summed E-state index contributed by atoms with van der Waals surface area (Å²) in [5.41, 5.74) is -1.58. The number of hydrogen-bond donors (Lipinski definition) is 1. The fourth-order valence-electron chi connectivity index (χ4n) is 2.46. The van der Waals surface area contributed by atoms with Crippen molar-refractivity contribution in [3.05, 3.63) is 22.8 Å². The predicted octanol–water partition coefficient (Wildman–Crippen LogP) is 2.71. The van der Waals surface area contributed by atoms with Gasteiger partial charge in [-0.1, -0.05) is 11.6 Å². The van der Waals surface area contributed by atoms with Crippen molar-refractivity contribution in [3.8, 4) is 0 Å². The molecule has 1 N–H and O–H groups in total. The van der Waals surface area contributed by atoms with Crippen LogP contribution in [0.4, 0.5) is 19.0 Å². The average molecular weight is 293 g/mol. The maximum Gasteiger partial charge on any atom is 0.417 e. The van der Waals surface area contributed by atoms with Crippen molar-refractivity contribution in [3.63, 3.8) is 0 Å². The van der Waals surface area contributed by atoms with Crippen molar-refractivity contribution < 1.29 is 18.3 Å². The first-order valence-corrected chi connectivity index (χ1v) is 6.37. The Morgan fingerprint density at radius 3 is 2.47 bits per heavy atom. The van der Waals surface area contributed by atoms with E-state index in [1.165, 1.54) is 0 Å². The lowest BCUT2D eigenvalue weighted by Crippen LogP contribution is -2.63. The minimum atomic E-state index is -4.45. The van der Waals surface area contributed by atoms with Gasteiger partial charge in [0.25, 0.3) is 0 Å². The molecule has 0 bridgehead atoms. The summed E-state index contributed by atoms with van der Waals surface area (Å²) < 4.78 is 37.4. The van der Waals surface area contributed by atoms with Gasteiger partial charge in [0.1, 0.15) is 11.4 Å². The summed E-state index contributed by atoms with van der Waals surface area (Å²) in [4.78, 5) is 5.48. The Morgan fingerprint density at radius 2 is 2.00 bits per heavy atom. The van der Waals surface area contributed by atoms with Crippen molar-refractivity contribution in [2.75, 3.05) is 18.0 Å². The van der Waals surface area contributed by atoms with E-state index in [-0.39, 0.29) is 5.02 Å². The van der Waals surface area contributed by atoms with Gasteiger partial charge in [-0.15, -0.1) is 0 Å². The van der Waals surface area contributed by atoms with E-state index in [4.69, 9.17) is 11.6 Å². The molecule has 0 aromatic carbocycles. The molecule has 0 radical (unpaired) electrons. The van der Waals surface area contributed by atoms with Crippen LogP contribution in [0.15, 0.2) is 12.3 Å². The minimum Gasteiger partial charge on any atom is -0.386 e. The molecule has 1 saturated carbocycles. The van der Waals surface area contributed by atoms with Crippen LogP contribution in [0.1, 0.15) is 18.4 Å². The smallest absolute Gasteiger partial charge is 0.386 e. The molecule has 7 heteroatoms. The van der Waals surface area contributed by atoms with E-state index >= 15 is 0 Å². The van der Waals surface area contributed by atoms with E-state index in [1.54, 1.807) is 4.90 Å². The van der Waals surface area contributed by atoms with E-state index in [9.17, 15) is 18.3 Å². The van der Waals surface area contributed by atoms with E-state index < -0.39 is 17.3 Å². The van der Waals surface area contributed by atoms with Gasteiger partial charge < -0.3 is 10.0 Å². The SMILES string of the molecule is OC1(C2CC2)CN(c2ncc(C(F)(F)F)cc2Cl)C1. The summed E-state index contributed by atoms with van der Waals surface area (Å²) in [5.74, 6) is 0.622. The zero-order valence-electron chi connectivity index (χ0n) is 9.91. The van der Waals surface area contributed by atoms with Crippen LogP contribution in [-0.2, 0) is 6.18 Å². The summed E-state index contributed by atoms with van der Waals surface area (Å²) >= 11 is 5.85. The maximum absolute atomic E-state index is 12.5. The Balaban J connectivity index is 1.76. The monoisotopic (exact) mass is 292 g/mol. The number of aliphatic hydroxyl groups is 1. The quantitative estimate of drug-likeness (QED) is 0.910. The first kappa shape index (κ1) is 13.0. The second-order valence-corrected chi connectivity index (χ2v) is 5.67. The van der Waals surface area contributed by atoms with E-state index in [1.807, 2.05) is 0 Å². The standard InChI is InChI=1S/C12H12ClF3N2O/c13-9-3-8(12(14,15)16)4-17-10(9)18-5-11(19,6-18)7-1-2-7/h3-4,7,19H,1-2,5-6H2. The van der Waals surface area contributed by atoms with Gasteiger partial charge in [-0.05, 0) is 24.8 Å². The number of nitrogens with zero attached hydrogens (tertiary/aromatic N) is 2. The Hall–Kier alpha value is -1.01. The van der Waals surface area contributed by atoms with Crippen LogP contribution in [0.25, 0.3) is 0 Å². The highest BCUT2D eigenvalue weighted by atomic mass is 35.5. The molecule has 2 fully saturated rings. The van der Waals surface area contributed by atoms with Gasteiger partial charge in [-0.2, -0.15) is 13.2 Å². The highest BCUT2D eigenvalue weighted by Crippen LogP contribution is 2.46.